The van der Waals surface area contributed by atoms with E-state index in [-0.39, 0.29) is 5.78 Å². The van der Waals surface area contributed by atoms with Crippen LogP contribution in [-0.4, -0.2) is 22.3 Å². The van der Waals surface area contributed by atoms with Gasteiger partial charge < -0.3 is 10.6 Å². The Morgan fingerprint density at radius 1 is 0.960 bits per heavy atom. The van der Waals surface area contributed by atoms with Gasteiger partial charge in [-0.05, 0) is 43.2 Å². The first-order valence-corrected chi connectivity index (χ1v) is 8.18. The number of carbonyl (C=O) groups excluding carboxylic acids is 1. The molecular weight excluding hydrogens is 312 g/mol. The Labute approximate surface area is 147 Å². The molecule has 1 heterocycles. The van der Waals surface area contributed by atoms with Gasteiger partial charge in [-0.15, -0.1) is 0 Å². The van der Waals surface area contributed by atoms with Crippen LogP contribution in [0.1, 0.15) is 22.8 Å². The zero-order chi connectivity index (χ0) is 17.5. The van der Waals surface area contributed by atoms with Gasteiger partial charge in [0.15, 0.2) is 5.78 Å². The fraction of sp³-hybridized carbons (Fsp3) is 0.150. The maximum absolute atomic E-state index is 11.3. The fourth-order valence-corrected chi connectivity index (χ4v) is 2.44. The number of aromatic nitrogens is 2. The zero-order valence-electron chi connectivity index (χ0n) is 14.1. The second-order valence-corrected chi connectivity index (χ2v) is 5.71. The Kier molecular flexibility index (Phi) is 5.36. The lowest BCUT2D eigenvalue weighted by Crippen LogP contribution is -2.07. The summed E-state index contributed by atoms with van der Waals surface area (Å²) in [5.41, 5.74) is 2.85. The topological polar surface area (TPSA) is 66.9 Å². The molecule has 0 saturated carbocycles. The van der Waals surface area contributed by atoms with Gasteiger partial charge in [0, 0.05) is 23.9 Å². The Morgan fingerprint density at radius 2 is 1.68 bits per heavy atom. The van der Waals surface area contributed by atoms with Crippen molar-refractivity contribution in [3.05, 3.63) is 78.1 Å². The van der Waals surface area contributed by atoms with E-state index < -0.39 is 0 Å². The summed E-state index contributed by atoms with van der Waals surface area (Å²) in [5.74, 6) is 1.53. The first-order chi connectivity index (χ1) is 12.2. The Bertz CT molecular complexity index is 832. The number of ketones is 1. The van der Waals surface area contributed by atoms with Crippen LogP contribution in [0.3, 0.4) is 0 Å². The molecule has 0 aliphatic rings. The predicted octanol–water partition coefficient (Wildman–Crippen LogP) is 4.08. The molecule has 2 N–H and O–H groups in total. The highest BCUT2D eigenvalue weighted by Gasteiger charge is 2.02. The summed E-state index contributed by atoms with van der Waals surface area (Å²) in [7, 11) is 0. The van der Waals surface area contributed by atoms with Crippen LogP contribution < -0.4 is 10.6 Å². The van der Waals surface area contributed by atoms with Gasteiger partial charge in [-0.1, -0.05) is 30.3 Å². The summed E-state index contributed by atoms with van der Waals surface area (Å²) < 4.78 is 0. The molecule has 0 radical (unpaired) electrons. The van der Waals surface area contributed by atoms with Crippen LogP contribution in [0.5, 0.6) is 0 Å². The molecule has 5 heteroatoms. The normalized spacial score (nSPS) is 10.3. The molecule has 3 rings (SSSR count). The summed E-state index contributed by atoms with van der Waals surface area (Å²) in [6, 6.07) is 19.5. The van der Waals surface area contributed by atoms with Crippen molar-refractivity contribution in [2.75, 3.05) is 17.2 Å². The lowest BCUT2D eigenvalue weighted by molar-refractivity contribution is 0.101. The molecule has 0 bridgehead atoms. The number of Topliss-reactive ketones (excluding diaryl/α,β-unsaturated/α-hetero) is 1. The van der Waals surface area contributed by atoms with Gasteiger partial charge in [0.25, 0.3) is 0 Å². The molecule has 0 unspecified atom stereocenters. The van der Waals surface area contributed by atoms with Gasteiger partial charge in [0.05, 0.1) is 0 Å². The molecule has 0 fully saturated rings. The van der Waals surface area contributed by atoms with Crippen LogP contribution in [-0.2, 0) is 6.42 Å². The third-order valence-corrected chi connectivity index (χ3v) is 3.79. The van der Waals surface area contributed by atoms with E-state index in [0.29, 0.717) is 11.4 Å². The molecule has 2 aromatic carbocycles. The molecule has 0 saturated heterocycles. The van der Waals surface area contributed by atoms with E-state index in [0.717, 1.165) is 24.5 Å². The number of carbonyl (C=O) groups is 1. The molecule has 0 atom stereocenters. The van der Waals surface area contributed by atoms with Crippen LogP contribution in [0.25, 0.3) is 0 Å². The fourth-order valence-electron chi connectivity index (χ4n) is 2.44. The molecule has 0 amide bonds. The molecule has 0 aliphatic heterocycles. The van der Waals surface area contributed by atoms with Crippen LogP contribution >= 0.6 is 0 Å². The smallest absolute Gasteiger partial charge is 0.159 e. The average molecular weight is 332 g/mol. The SMILES string of the molecule is CC(=O)c1ccc(Nc2cc(NCCc3ccccc3)ncn2)cc1. The van der Waals surface area contributed by atoms with Gasteiger partial charge in [-0.3, -0.25) is 4.79 Å². The van der Waals surface area contributed by atoms with Crippen molar-refractivity contribution in [2.45, 2.75) is 13.3 Å². The third kappa shape index (κ3) is 4.88. The quantitative estimate of drug-likeness (QED) is 0.638. The Hall–Kier alpha value is -3.21. The summed E-state index contributed by atoms with van der Waals surface area (Å²) in [6.07, 6.45) is 2.46. The van der Waals surface area contributed by atoms with Crippen molar-refractivity contribution in [1.82, 2.24) is 9.97 Å². The lowest BCUT2D eigenvalue weighted by Gasteiger charge is -2.09. The number of hydrogen-bond donors (Lipinski definition) is 2. The van der Waals surface area contributed by atoms with Crippen LogP contribution in [0.4, 0.5) is 17.3 Å². The van der Waals surface area contributed by atoms with E-state index in [9.17, 15) is 4.79 Å². The Balaban J connectivity index is 1.58. The molecular formula is C20H20N4O. The zero-order valence-corrected chi connectivity index (χ0v) is 14.1. The Morgan fingerprint density at radius 3 is 2.40 bits per heavy atom. The maximum Gasteiger partial charge on any atom is 0.159 e. The molecule has 1 aromatic heterocycles. The highest BCUT2D eigenvalue weighted by molar-refractivity contribution is 5.94. The monoisotopic (exact) mass is 332 g/mol. The van der Waals surface area contributed by atoms with Gasteiger partial charge in [0.1, 0.15) is 18.0 Å². The van der Waals surface area contributed by atoms with Crippen LogP contribution in [0.15, 0.2) is 67.0 Å². The number of rotatable bonds is 7. The van der Waals surface area contributed by atoms with E-state index in [1.807, 2.05) is 36.4 Å². The molecule has 3 aromatic rings. The number of benzene rings is 2. The van der Waals surface area contributed by atoms with E-state index in [1.54, 1.807) is 19.1 Å². The van der Waals surface area contributed by atoms with E-state index in [2.05, 4.69) is 32.7 Å². The highest BCUT2D eigenvalue weighted by atomic mass is 16.1. The highest BCUT2D eigenvalue weighted by Crippen LogP contribution is 2.17. The van der Waals surface area contributed by atoms with Crippen LogP contribution in [0, 0.1) is 0 Å². The summed E-state index contributed by atoms with van der Waals surface area (Å²) in [4.78, 5) is 19.8. The second kappa shape index (κ2) is 8.06. The average Bonchev–Trinajstić information content (AvgIpc) is 2.63. The van der Waals surface area contributed by atoms with Gasteiger partial charge in [-0.2, -0.15) is 0 Å². The third-order valence-electron chi connectivity index (χ3n) is 3.79. The van der Waals surface area contributed by atoms with Crippen molar-refractivity contribution in [2.24, 2.45) is 0 Å². The standard InChI is InChI=1S/C20H20N4O/c1-15(25)17-7-9-18(10-8-17)24-20-13-19(22-14-23-20)21-12-11-16-5-3-2-4-6-16/h2-10,13-14H,11-12H2,1H3,(H2,21,22,23,24). The second-order valence-electron chi connectivity index (χ2n) is 5.71. The van der Waals surface area contributed by atoms with Gasteiger partial charge >= 0.3 is 0 Å². The van der Waals surface area contributed by atoms with Crippen molar-refractivity contribution in [1.29, 1.82) is 0 Å². The van der Waals surface area contributed by atoms with E-state index in [1.165, 1.54) is 11.9 Å². The molecule has 0 spiro atoms. The van der Waals surface area contributed by atoms with Crippen molar-refractivity contribution in [3.63, 3.8) is 0 Å². The van der Waals surface area contributed by atoms with Crippen molar-refractivity contribution < 1.29 is 4.79 Å². The number of hydrogen-bond acceptors (Lipinski definition) is 5. The summed E-state index contributed by atoms with van der Waals surface area (Å²) >= 11 is 0. The summed E-state index contributed by atoms with van der Waals surface area (Å²) in [5, 5.41) is 6.52. The number of anilines is 3. The largest absolute Gasteiger partial charge is 0.370 e. The minimum absolute atomic E-state index is 0.0542. The summed E-state index contributed by atoms with van der Waals surface area (Å²) in [6.45, 7) is 2.36. The predicted molar refractivity (Wildman–Crippen MR) is 100 cm³/mol. The minimum Gasteiger partial charge on any atom is -0.370 e. The minimum atomic E-state index is 0.0542. The van der Waals surface area contributed by atoms with Gasteiger partial charge in [-0.25, -0.2) is 9.97 Å². The van der Waals surface area contributed by atoms with E-state index >= 15 is 0 Å². The molecule has 0 aliphatic carbocycles. The molecule has 5 nitrogen and oxygen atoms in total. The van der Waals surface area contributed by atoms with Crippen molar-refractivity contribution in [3.8, 4) is 0 Å². The number of nitrogens with zero attached hydrogens (tertiary/aromatic N) is 2. The van der Waals surface area contributed by atoms with Crippen LogP contribution in [0.2, 0.25) is 0 Å². The maximum atomic E-state index is 11.3. The molecule has 126 valence electrons. The van der Waals surface area contributed by atoms with Gasteiger partial charge in [0.2, 0.25) is 0 Å². The number of nitrogens with one attached hydrogen (secondary N) is 2. The lowest BCUT2D eigenvalue weighted by atomic mass is 10.1. The first kappa shape index (κ1) is 16.6. The first-order valence-electron chi connectivity index (χ1n) is 8.18. The van der Waals surface area contributed by atoms with Crippen molar-refractivity contribution >= 4 is 23.1 Å². The molecule has 25 heavy (non-hydrogen) atoms. The van der Waals surface area contributed by atoms with E-state index in [4.69, 9.17) is 0 Å².